The molecule has 0 bridgehead atoms. The maximum Gasteiger partial charge on any atom is 0.316 e. The number of amides is 1. The number of carbonyl (C=O) groups is 1. The highest BCUT2D eigenvalue weighted by Gasteiger charge is 2.18. The van der Waals surface area contributed by atoms with Gasteiger partial charge in [-0.25, -0.2) is 18.4 Å². The lowest BCUT2D eigenvalue weighted by Gasteiger charge is -2.11. The number of benzene rings is 1. The number of ether oxygens (including phenoxy) is 1. The van der Waals surface area contributed by atoms with Gasteiger partial charge in [0.05, 0.1) is 29.6 Å². The van der Waals surface area contributed by atoms with Crippen LogP contribution >= 0.6 is 0 Å². The lowest BCUT2D eigenvalue weighted by molar-refractivity contribution is -0.114. The van der Waals surface area contributed by atoms with E-state index in [0.29, 0.717) is 17.9 Å². The minimum Gasteiger partial charge on any atom is -0.464 e. The van der Waals surface area contributed by atoms with Gasteiger partial charge in [-0.3, -0.25) is 9.52 Å². The van der Waals surface area contributed by atoms with Crippen molar-refractivity contribution in [3.63, 3.8) is 0 Å². The summed E-state index contributed by atoms with van der Waals surface area (Å²) < 4.78 is 32.5. The maximum atomic E-state index is 12.5. The molecular formula is C15H18N4O4S. The Morgan fingerprint density at radius 3 is 2.42 bits per heavy atom. The maximum absolute atomic E-state index is 12.5. The first kappa shape index (κ1) is 17.7. The van der Waals surface area contributed by atoms with E-state index in [0.717, 1.165) is 0 Å². The van der Waals surface area contributed by atoms with Crippen molar-refractivity contribution in [1.82, 2.24) is 9.97 Å². The summed E-state index contributed by atoms with van der Waals surface area (Å²) in [6.07, 6.45) is 2.66. The zero-order valence-corrected chi connectivity index (χ0v) is 14.3. The van der Waals surface area contributed by atoms with Gasteiger partial charge in [0.2, 0.25) is 5.91 Å². The Morgan fingerprint density at radius 2 is 1.88 bits per heavy atom. The van der Waals surface area contributed by atoms with Crippen molar-refractivity contribution in [2.45, 2.75) is 25.7 Å². The van der Waals surface area contributed by atoms with Gasteiger partial charge in [-0.2, -0.15) is 0 Å². The molecule has 128 valence electrons. The van der Waals surface area contributed by atoms with E-state index in [1.807, 2.05) is 0 Å². The lowest BCUT2D eigenvalue weighted by Crippen LogP contribution is -2.15. The molecule has 0 aliphatic heterocycles. The summed E-state index contributed by atoms with van der Waals surface area (Å²) in [4.78, 5) is 19.0. The molecule has 2 N–H and O–H groups in total. The molecule has 0 fully saturated rings. The van der Waals surface area contributed by atoms with Gasteiger partial charge >= 0.3 is 6.01 Å². The van der Waals surface area contributed by atoms with E-state index < -0.39 is 10.0 Å². The number of nitrogens with one attached hydrogen (secondary N) is 2. The SMILES string of the molecule is CCOc1ncc(NS(=O)(=O)c2ccc(NC(C)=O)cc2C)cn1. The molecule has 0 spiro atoms. The molecule has 0 unspecified atom stereocenters. The van der Waals surface area contributed by atoms with Crippen LogP contribution in [0.1, 0.15) is 19.4 Å². The van der Waals surface area contributed by atoms with Crippen molar-refractivity contribution >= 4 is 27.3 Å². The van der Waals surface area contributed by atoms with E-state index in [-0.39, 0.29) is 22.5 Å². The van der Waals surface area contributed by atoms with Crippen LogP contribution in [0.3, 0.4) is 0 Å². The normalized spacial score (nSPS) is 11.0. The van der Waals surface area contributed by atoms with Gasteiger partial charge in [0, 0.05) is 12.6 Å². The summed E-state index contributed by atoms with van der Waals surface area (Å²) in [6, 6.07) is 4.72. The largest absolute Gasteiger partial charge is 0.464 e. The molecule has 0 atom stereocenters. The molecule has 0 saturated heterocycles. The summed E-state index contributed by atoms with van der Waals surface area (Å²) in [5.41, 5.74) is 1.26. The number of carbonyl (C=O) groups excluding carboxylic acids is 1. The number of anilines is 2. The number of rotatable bonds is 6. The third-order valence-corrected chi connectivity index (χ3v) is 4.48. The van der Waals surface area contributed by atoms with Gasteiger partial charge in [-0.1, -0.05) is 0 Å². The Morgan fingerprint density at radius 1 is 1.21 bits per heavy atom. The predicted octanol–water partition coefficient (Wildman–Crippen LogP) is 1.94. The Kier molecular flexibility index (Phi) is 5.35. The highest BCUT2D eigenvalue weighted by atomic mass is 32.2. The fraction of sp³-hybridized carbons (Fsp3) is 0.267. The molecule has 1 aromatic heterocycles. The second-order valence-corrected chi connectivity index (χ2v) is 6.61. The van der Waals surface area contributed by atoms with Crippen LogP contribution in [0.2, 0.25) is 0 Å². The van der Waals surface area contributed by atoms with E-state index in [9.17, 15) is 13.2 Å². The van der Waals surface area contributed by atoms with Crippen molar-refractivity contribution < 1.29 is 17.9 Å². The van der Waals surface area contributed by atoms with Gasteiger partial charge in [0.15, 0.2) is 0 Å². The second kappa shape index (κ2) is 7.26. The molecule has 1 aromatic carbocycles. The highest BCUT2D eigenvalue weighted by Crippen LogP contribution is 2.22. The molecule has 0 radical (unpaired) electrons. The van der Waals surface area contributed by atoms with Crippen LogP contribution in [0.15, 0.2) is 35.5 Å². The first-order valence-electron chi connectivity index (χ1n) is 7.17. The summed E-state index contributed by atoms with van der Waals surface area (Å²) in [5.74, 6) is -0.227. The first-order chi connectivity index (χ1) is 11.3. The second-order valence-electron chi connectivity index (χ2n) is 4.95. The zero-order chi connectivity index (χ0) is 17.7. The summed E-state index contributed by atoms with van der Waals surface area (Å²) in [5, 5.41) is 2.60. The minimum absolute atomic E-state index is 0.102. The van der Waals surface area contributed by atoms with E-state index in [1.165, 1.54) is 31.5 Å². The number of hydrogen-bond acceptors (Lipinski definition) is 6. The smallest absolute Gasteiger partial charge is 0.316 e. The summed E-state index contributed by atoms with van der Waals surface area (Å²) >= 11 is 0. The van der Waals surface area contributed by atoms with Crippen molar-refractivity contribution in [2.24, 2.45) is 0 Å². The predicted molar refractivity (Wildman–Crippen MR) is 89.5 cm³/mol. The molecule has 8 nitrogen and oxygen atoms in total. The van der Waals surface area contributed by atoms with Crippen LogP contribution in [-0.4, -0.2) is 30.9 Å². The van der Waals surface area contributed by atoms with Gasteiger partial charge in [-0.05, 0) is 37.6 Å². The van der Waals surface area contributed by atoms with Gasteiger partial charge < -0.3 is 10.1 Å². The lowest BCUT2D eigenvalue weighted by atomic mass is 10.2. The van der Waals surface area contributed by atoms with Crippen LogP contribution in [0.4, 0.5) is 11.4 Å². The molecule has 24 heavy (non-hydrogen) atoms. The molecule has 2 rings (SSSR count). The summed E-state index contributed by atoms with van der Waals surface area (Å²) in [6.45, 7) is 5.25. The molecule has 2 aromatic rings. The van der Waals surface area contributed by atoms with Crippen LogP contribution in [0.25, 0.3) is 0 Å². The van der Waals surface area contributed by atoms with Crippen molar-refractivity contribution in [1.29, 1.82) is 0 Å². The molecule has 0 saturated carbocycles. The van der Waals surface area contributed by atoms with Gasteiger partial charge in [-0.15, -0.1) is 0 Å². The van der Waals surface area contributed by atoms with Gasteiger partial charge in [0.25, 0.3) is 10.0 Å². The van der Waals surface area contributed by atoms with Crippen LogP contribution in [-0.2, 0) is 14.8 Å². The highest BCUT2D eigenvalue weighted by molar-refractivity contribution is 7.92. The number of hydrogen-bond donors (Lipinski definition) is 2. The van der Waals surface area contributed by atoms with Crippen LogP contribution in [0, 0.1) is 6.92 Å². The van der Waals surface area contributed by atoms with Crippen molar-refractivity contribution in [3.8, 4) is 6.01 Å². The van der Waals surface area contributed by atoms with Crippen LogP contribution in [0.5, 0.6) is 6.01 Å². The van der Waals surface area contributed by atoms with Crippen molar-refractivity contribution in [2.75, 3.05) is 16.6 Å². The average molecular weight is 350 g/mol. The molecule has 1 heterocycles. The fourth-order valence-corrected chi connectivity index (χ4v) is 3.27. The first-order valence-corrected chi connectivity index (χ1v) is 8.66. The van der Waals surface area contributed by atoms with Crippen molar-refractivity contribution in [3.05, 3.63) is 36.2 Å². The molecule has 0 aliphatic rings. The molecule has 1 amide bonds. The Hall–Kier alpha value is -2.68. The topological polar surface area (TPSA) is 110 Å². The molecule has 9 heteroatoms. The van der Waals surface area contributed by atoms with E-state index in [2.05, 4.69) is 20.0 Å². The van der Waals surface area contributed by atoms with Crippen LogP contribution < -0.4 is 14.8 Å². The Labute approximate surface area is 140 Å². The monoisotopic (exact) mass is 350 g/mol. The third-order valence-electron chi connectivity index (χ3n) is 2.94. The number of sulfonamides is 1. The molecule has 0 aliphatic carbocycles. The number of aryl methyl sites for hydroxylation is 1. The minimum atomic E-state index is -3.80. The Bertz CT molecular complexity index is 835. The standard InChI is InChI=1S/C15H18N4O4S/c1-4-23-15-16-8-13(9-17-15)19-24(21,22)14-6-5-12(7-10(14)2)18-11(3)20/h5-9,19H,4H2,1-3H3,(H,18,20). The molecular weight excluding hydrogens is 332 g/mol. The Balaban J connectivity index is 2.22. The zero-order valence-electron chi connectivity index (χ0n) is 13.5. The average Bonchev–Trinajstić information content (AvgIpc) is 2.48. The van der Waals surface area contributed by atoms with E-state index in [4.69, 9.17) is 4.74 Å². The quantitative estimate of drug-likeness (QED) is 0.824. The number of nitrogens with zero attached hydrogens (tertiary/aromatic N) is 2. The van der Waals surface area contributed by atoms with Gasteiger partial charge in [0.1, 0.15) is 0 Å². The van der Waals surface area contributed by atoms with E-state index >= 15 is 0 Å². The van der Waals surface area contributed by atoms with E-state index in [1.54, 1.807) is 19.9 Å². The summed E-state index contributed by atoms with van der Waals surface area (Å²) in [7, 11) is -3.80. The third kappa shape index (κ3) is 4.42. The fourth-order valence-electron chi connectivity index (χ4n) is 2.01. The number of aromatic nitrogens is 2.